The number of piperidine rings is 1. The third-order valence-electron chi connectivity index (χ3n) is 5.63. The molecule has 0 atom stereocenters. The molecule has 1 saturated heterocycles. The maximum absolute atomic E-state index is 14.0. The molecule has 0 radical (unpaired) electrons. The highest BCUT2D eigenvalue weighted by atomic mass is 19.1. The Morgan fingerprint density at radius 3 is 2.37 bits per heavy atom. The predicted octanol–water partition coefficient (Wildman–Crippen LogP) is 4.17. The molecule has 30 heavy (non-hydrogen) atoms. The molecule has 1 aliphatic rings. The second kappa shape index (κ2) is 9.85. The van der Waals surface area contributed by atoms with Gasteiger partial charge in [-0.2, -0.15) is 0 Å². The van der Waals surface area contributed by atoms with Gasteiger partial charge in [0.1, 0.15) is 11.4 Å². The number of esters is 1. The maximum Gasteiger partial charge on any atom is 0.332 e. The SMILES string of the molecule is CCOC(=O)C1(N(C(=O)CC)c2cccc(F)c2)CCN(Cc2ccccc2)CC1. The van der Waals surface area contributed by atoms with Crippen molar-refractivity contribution in [2.45, 2.75) is 45.2 Å². The molecule has 2 aromatic rings. The van der Waals surface area contributed by atoms with Gasteiger partial charge in [0.25, 0.3) is 0 Å². The Balaban J connectivity index is 1.91. The molecule has 0 aliphatic carbocycles. The highest BCUT2D eigenvalue weighted by Gasteiger charge is 2.50. The molecule has 0 unspecified atom stereocenters. The van der Waals surface area contributed by atoms with Gasteiger partial charge in [-0.1, -0.05) is 43.3 Å². The predicted molar refractivity (Wildman–Crippen MR) is 114 cm³/mol. The van der Waals surface area contributed by atoms with Crippen molar-refractivity contribution in [2.24, 2.45) is 0 Å². The van der Waals surface area contributed by atoms with E-state index in [1.807, 2.05) is 18.2 Å². The van der Waals surface area contributed by atoms with E-state index in [9.17, 15) is 14.0 Å². The van der Waals surface area contributed by atoms with Crippen molar-refractivity contribution in [2.75, 3.05) is 24.6 Å². The normalized spacial score (nSPS) is 16.1. The standard InChI is InChI=1S/C24H29FN2O3/c1-3-22(28)27(21-12-8-11-20(25)17-21)24(23(29)30-4-2)13-15-26(16-14-24)18-19-9-6-5-7-10-19/h5-12,17H,3-4,13-16,18H2,1-2H3. The first kappa shape index (κ1) is 22.0. The Hall–Kier alpha value is -2.73. The van der Waals surface area contributed by atoms with Gasteiger partial charge in [-0.15, -0.1) is 0 Å². The van der Waals surface area contributed by atoms with E-state index >= 15 is 0 Å². The van der Waals surface area contributed by atoms with Crippen molar-refractivity contribution in [1.82, 2.24) is 4.90 Å². The summed E-state index contributed by atoms with van der Waals surface area (Å²) in [4.78, 5) is 29.9. The van der Waals surface area contributed by atoms with Crippen molar-refractivity contribution in [3.05, 3.63) is 66.0 Å². The molecule has 6 heteroatoms. The van der Waals surface area contributed by atoms with Crippen LogP contribution in [0, 0.1) is 5.82 Å². The van der Waals surface area contributed by atoms with Crippen LogP contribution in [-0.4, -0.2) is 42.0 Å². The summed E-state index contributed by atoms with van der Waals surface area (Å²) in [6, 6.07) is 16.0. The summed E-state index contributed by atoms with van der Waals surface area (Å²) in [6.07, 6.45) is 1.08. The first-order chi connectivity index (χ1) is 14.5. The summed E-state index contributed by atoms with van der Waals surface area (Å²) in [6.45, 7) is 5.78. The summed E-state index contributed by atoms with van der Waals surface area (Å²) in [5.41, 5.74) is 0.462. The van der Waals surface area contributed by atoms with Gasteiger partial charge in [0.2, 0.25) is 5.91 Å². The summed E-state index contributed by atoms with van der Waals surface area (Å²) in [7, 11) is 0. The van der Waals surface area contributed by atoms with Crippen LogP contribution in [0.3, 0.4) is 0 Å². The third-order valence-corrected chi connectivity index (χ3v) is 5.63. The zero-order valence-electron chi connectivity index (χ0n) is 17.6. The largest absolute Gasteiger partial charge is 0.464 e. The minimum absolute atomic E-state index is 0.214. The van der Waals surface area contributed by atoms with Gasteiger partial charge in [-0.3, -0.25) is 14.6 Å². The minimum Gasteiger partial charge on any atom is -0.464 e. The highest BCUT2D eigenvalue weighted by molar-refractivity contribution is 6.02. The molecule has 0 aromatic heterocycles. The lowest BCUT2D eigenvalue weighted by Gasteiger charge is -2.46. The van der Waals surface area contributed by atoms with E-state index in [4.69, 9.17) is 4.74 Å². The molecular formula is C24H29FN2O3. The van der Waals surface area contributed by atoms with E-state index in [1.165, 1.54) is 22.6 Å². The van der Waals surface area contributed by atoms with Crippen molar-refractivity contribution in [3.63, 3.8) is 0 Å². The molecule has 0 spiro atoms. The first-order valence-electron chi connectivity index (χ1n) is 10.5. The molecule has 0 saturated carbocycles. The lowest BCUT2D eigenvalue weighted by Crippen LogP contribution is -2.62. The molecule has 160 valence electrons. The summed E-state index contributed by atoms with van der Waals surface area (Å²) in [5.74, 6) is -1.08. The van der Waals surface area contributed by atoms with Crippen LogP contribution in [-0.2, 0) is 20.9 Å². The Labute approximate surface area is 177 Å². The van der Waals surface area contributed by atoms with Crippen LogP contribution in [0.2, 0.25) is 0 Å². The first-order valence-corrected chi connectivity index (χ1v) is 10.5. The number of nitrogens with zero attached hydrogens (tertiary/aromatic N) is 2. The second-order valence-electron chi connectivity index (χ2n) is 7.58. The van der Waals surface area contributed by atoms with E-state index in [0.29, 0.717) is 31.6 Å². The number of ether oxygens (including phenoxy) is 1. The number of hydrogen-bond acceptors (Lipinski definition) is 4. The molecule has 2 aromatic carbocycles. The Kier molecular flexibility index (Phi) is 7.21. The number of rotatable bonds is 7. The zero-order valence-corrected chi connectivity index (χ0v) is 17.6. The number of carbonyl (C=O) groups is 2. The number of carbonyl (C=O) groups excluding carboxylic acids is 2. The molecule has 1 heterocycles. The van der Waals surface area contributed by atoms with Crippen molar-refractivity contribution in [1.29, 1.82) is 0 Å². The summed E-state index contributed by atoms with van der Waals surface area (Å²) >= 11 is 0. The Bertz CT molecular complexity index is 864. The van der Waals surface area contributed by atoms with Crippen molar-refractivity contribution in [3.8, 4) is 0 Å². The number of likely N-dealkylation sites (tertiary alicyclic amines) is 1. The Morgan fingerprint density at radius 2 is 1.77 bits per heavy atom. The lowest BCUT2D eigenvalue weighted by atomic mass is 9.84. The van der Waals surface area contributed by atoms with Gasteiger partial charge in [-0.05, 0) is 43.5 Å². The van der Waals surface area contributed by atoms with Gasteiger partial charge in [0, 0.05) is 31.7 Å². The number of anilines is 1. The highest BCUT2D eigenvalue weighted by Crippen LogP contribution is 2.36. The fraction of sp³-hybridized carbons (Fsp3) is 0.417. The second-order valence-corrected chi connectivity index (χ2v) is 7.58. The topological polar surface area (TPSA) is 49.9 Å². The van der Waals surface area contributed by atoms with Crippen LogP contribution in [0.15, 0.2) is 54.6 Å². The molecule has 0 N–H and O–H groups in total. The quantitative estimate of drug-likeness (QED) is 0.641. The summed E-state index contributed by atoms with van der Waals surface area (Å²) in [5, 5.41) is 0. The molecule has 0 bridgehead atoms. The monoisotopic (exact) mass is 412 g/mol. The fourth-order valence-electron chi connectivity index (χ4n) is 4.11. The van der Waals surface area contributed by atoms with E-state index in [2.05, 4.69) is 17.0 Å². The molecule has 1 amide bonds. The van der Waals surface area contributed by atoms with E-state index in [0.717, 1.165) is 6.54 Å². The van der Waals surface area contributed by atoms with Gasteiger partial charge >= 0.3 is 5.97 Å². The third kappa shape index (κ3) is 4.70. The summed E-state index contributed by atoms with van der Waals surface area (Å²) < 4.78 is 19.4. The van der Waals surface area contributed by atoms with Gasteiger partial charge < -0.3 is 4.74 Å². The molecule has 1 fully saturated rings. The lowest BCUT2D eigenvalue weighted by molar-refractivity contribution is -0.153. The minimum atomic E-state index is -1.13. The van der Waals surface area contributed by atoms with Crippen LogP contribution >= 0.6 is 0 Å². The van der Waals surface area contributed by atoms with Crippen LogP contribution in [0.4, 0.5) is 10.1 Å². The molecule has 5 nitrogen and oxygen atoms in total. The van der Waals surface area contributed by atoms with Gasteiger partial charge in [0.05, 0.1) is 6.61 Å². The fourth-order valence-corrected chi connectivity index (χ4v) is 4.11. The van der Waals surface area contributed by atoms with Crippen LogP contribution in [0.1, 0.15) is 38.7 Å². The number of halogens is 1. The van der Waals surface area contributed by atoms with E-state index in [-0.39, 0.29) is 18.9 Å². The van der Waals surface area contributed by atoms with Crippen LogP contribution in [0.5, 0.6) is 0 Å². The number of hydrogen-bond donors (Lipinski definition) is 0. The number of benzene rings is 2. The van der Waals surface area contributed by atoms with Crippen LogP contribution in [0.25, 0.3) is 0 Å². The van der Waals surface area contributed by atoms with E-state index < -0.39 is 17.3 Å². The van der Waals surface area contributed by atoms with Gasteiger partial charge in [0.15, 0.2) is 0 Å². The van der Waals surface area contributed by atoms with Crippen molar-refractivity contribution >= 4 is 17.6 Å². The Morgan fingerprint density at radius 1 is 1.07 bits per heavy atom. The maximum atomic E-state index is 14.0. The van der Waals surface area contributed by atoms with Gasteiger partial charge in [-0.25, -0.2) is 9.18 Å². The van der Waals surface area contributed by atoms with Crippen LogP contribution < -0.4 is 4.90 Å². The average molecular weight is 413 g/mol. The smallest absolute Gasteiger partial charge is 0.332 e. The van der Waals surface area contributed by atoms with Crippen molar-refractivity contribution < 1.29 is 18.7 Å². The number of amides is 1. The molecular weight excluding hydrogens is 383 g/mol. The molecule has 3 rings (SSSR count). The average Bonchev–Trinajstić information content (AvgIpc) is 2.76. The van der Waals surface area contributed by atoms with E-state index in [1.54, 1.807) is 26.0 Å². The molecule has 1 aliphatic heterocycles. The zero-order chi connectivity index (χ0) is 21.6.